The second-order valence-electron chi connectivity index (χ2n) is 6.86. The Morgan fingerprint density at radius 2 is 1.60 bits per heavy atom. The normalized spacial score (nSPS) is 17.0. The van der Waals surface area contributed by atoms with Crippen LogP contribution in [0, 0.1) is 6.92 Å². The van der Waals surface area contributed by atoms with Crippen molar-refractivity contribution < 1.29 is 13.5 Å². The van der Waals surface area contributed by atoms with Gasteiger partial charge in [0.05, 0.1) is 5.60 Å². The van der Waals surface area contributed by atoms with Crippen molar-refractivity contribution in [2.45, 2.75) is 30.6 Å². The Hall–Kier alpha value is -1.41. The fraction of sp³-hybridized carbons (Fsp3) is 0.444. The van der Waals surface area contributed by atoms with Gasteiger partial charge in [0, 0.05) is 36.7 Å². The maximum Gasteiger partial charge on any atom is 0.252 e. The fourth-order valence-electron chi connectivity index (χ4n) is 2.94. The van der Waals surface area contributed by atoms with Crippen LogP contribution in [0.3, 0.4) is 0 Å². The molecule has 0 amide bonds. The Morgan fingerprint density at radius 3 is 2.08 bits per heavy atom. The molecule has 136 valence electrons. The van der Waals surface area contributed by atoms with Crippen molar-refractivity contribution >= 4 is 27.0 Å². The van der Waals surface area contributed by atoms with Crippen molar-refractivity contribution in [2.24, 2.45) is 0 Å². The third-order valence-corrected chi connectivity index (χ3v) is 7.85. The minimum Gasteiger partial charge on any atom is -0.386 e. The first-order valence-corrected chi connectivity index (χ1v) is 10.6. The van der Waals surface area contributed by atoms with Gasteiger partial charge >= 0.3 is 0 Å². The van der Waals surface area contributed by atoms with Crippen LogP contribution in [-0.4, -0.2) is 44.0 Å². The van der Waals surface area contributed by atoms with Gasteiger partial charge < -0.3 is 10.0 Å². The number of thiophene rings is 1. The minimum absolute atomic E-state index is 0.424. The van der Waals surface area contributed by atoms with E-state index in [1.165, 1.54) is 11.3 Å². The van der Waals surface area contributed by atoms with Crippen LogP contribution in [0.1, 0.15) is 24.3 Å². The van der Waals surface area contributed by atoms with Crippen LogP contribution in [-0.2, 0) is 15.6 Å². The Kier molecular flexibility index (Phi) is 4.94. The van der Waals surface area contributed by atoms with Crippen molar-refractivity contribution in [3.8, 4) is 0 Å². The largest absolute Gasteiger partial charge is 0.386 e. The van der Waals surface area contributed by atoms with Gasteiger partial charge in [-0.1, -0.05) is 12.1 Å². The average molecular weight is 381 g/mol. The molecule has 1 fully saturated rings. The summed E-state index contributed by atoms with van der Waals surface area (Å²) >= 11 is 1.32. The Bertz CT molecular complexity index is 828. The van der Waals surface area contributed by atoms with E-state index in [4.69, 9.17) is 0 Å². The van der Waals surface area contributed by atoms with E-state index in [1.807, 2.05) is 37.3 Å². The van der Waals surface area contributed by atoms with Gasteiger partial charge in [0.1, 0.15) is 4.21 Å². The van der Waals surface area contributed by atoms with E-state index in [0.29, 0.717) is 30.4 Å². The highest BCUT2D eigenvalue weighted by atomic mass is 32.2. The molecule has 0 bridgehead atoms. The number of piperazine rings is 1. The van der Waals surface area contributed by atoms with E-state index >= 15 is 0 Å². The second kappa shape index (κ2) is 6.72. The van der Waals surface area contributed by atoms with E-state index in [-0.39, 0.29) is 0 Å². The molecule has 0 unspecified atom stereocenters. The van der Waals surface area contributed by atoms with E-state index in [2.05, 4.69) is 4.90 Å². The van der Waals surface area contributed by atoms with Crippen molar-refractivity contribution in [1.29, 1.82) is 0 Å². The molecule has 2 aromatic rings. The molecule has 1 saturated heterocycles. The lowest BCUT2D eigenvalue weighted by Crippen LogP contribution is -2.48. The van der Waals surface area contributed by atoms with Gasteiger partial charge in [0.15, 0.2) is 0 Å². The minimum atomic E-state index is -3.38. The monoisotopic (exact) mass is 380 g/mol. The summed E-state index contributed by atoms with van der Waals surface area (Å²) in [5.74, 6) is 0. The first-order valence-electron chi connectivity index (χ1n) is 8.32. The molecular formula is C18H24N2O3S2. The lowest BCUT2D eigenvalue weighted by molar-refractivity contribution is 0.0786. The molecule has 3 rings (SSSR count). The molecule has 7 heteroatoms. The molecule has 1 aromatic carbocycles. The van der Waals surface area contributed by atoms with Crippen LogP contribution >= 0.6 is 11.3 Å². The number of hydrogen-bond donors (Lipinski definition) is 1. The predicted octanol–water partition coefficient (Wildman–Crippen LogP) is 2.79. The van der Waals surface area contributed by atoms with E-state index in [1.54, 1.807) is 24.2 Å². The quantitative estimate of drug-likeness (QED) is 0.886. The molecule has 0 spiro atoms. The Balaban J connectivity index is 1.68. The molecule has 5 nitrogen and oxygen atoms in total. The van der Waals surface area contributed by atoms with Crippen LogP contribution in [0.25, 0.3) is 0 Å². The highest BCUT2D eigenvalue weighted by Crippen LogP contribution is 2.27. The van der Waals surface area contributed by atoms with Crippen molar-refractivity contribution in [2.75, 3.05) is 31.1 Å². The number of aryl methyl sites for hydroxylation is 1. The zero-order valence-corrected chi connectivity index (χ0v) is 16.4. The lowest BCUT2D eigenvalue weighted by atomic mass is 9.98. The molecule has 1 aromatic heterocycles. The number of hydrogen-bond acceptors (Lipinski definition) is 5. The average Bonchev–Trinajstić information content (AvgIpc) is 3.02. The third kappa shape index (κ3) is 3.89. The van der Waals surface area contributed by atoms with Gasteiger partial charge in [0.2, 0.25) is 0 Å². The summed E-state index contributed by atoms with van der Waals surface area (Å²) in [4.78, 5) is 3.18. The summed E-state index contributed by atoms with van der Waals surface area (Å²) in [5.41, 5.74) is 1.06. The zero-order chi connectivity index (χ0) is 18.2. The maximum absolute atomic E-state index is 12.7. The van der Waals surface area contributed by atoms with E-state index < -0.39 is 15.6 Å². The number of anilines is 1. The second-order valence-corrected chi connectivity index (χ2v) is 10.3. The molecule has 0 aliphatic carbocycles. The number of benzene rings is 1. The summed E-state index contributed by atoms with van der Waals surface area (Å²) in [6.07, 6.45) is 0. The van der Waals surface area contributed by atoms with Crippen LogP contribution in [0.15, 0.2) is 40.6 Å². The first kappa shape index (κ1) is 18.4. The van der Waals surface area contributed by atoms with E-state index in [0.717, 1.165) is 16.1 Å². The molecule has 1 N–H and O–H groups in total. The van der Waals surface area contributed by atoms with Crippen LogP contribution < -0.4 is 4.90 Å². The molecule has 0 atom stereocenters. The molecule has 2 heterocycles. The molecule has 1 aliphatic heterocycles. The van der Waals surface area contributed by atoms with E-state index in [9.17, 15) is 13.5 Å². The Labute approximate surface area is 153 Å². The fourth-order valence-corrected chi connectivity index (χ4v) is 5.80. The predicted molar refractivity (Wildman–Crippen MR) is 102 cm³/mol. The summed E-state index contributed by atoms with van der Waals surface area (Å²) < 4.78 is 27.4. The standard InChI is InChI=1S/C18H24N2O3S2/c1-14-4-9-17(24-14)25(22,23)20-12-10-19(11-13-20)16-7-5-15(6-8-16)18(2,3)21/h4-9,21H,10-13H2,1-3H3. The van der Waals surface area contributed by atoms with Crippen molar-refractivity contribution in [1.82, 2.24) is 4.31 Å². The molecule has 0 radical (unpaired) electrons. The summed E-state index contributed by atoms with van der Waals surface area (Å²) in [5, 5.41) is 10.0. The molecule has 0 saturated carbocycles. The van der Waals surface area contributed by atoms with Crippen LogP contribution in [0.5, 0.6) is 0 Å². The lowest BCUT2D eigenvalue weighted by Gasteiger charge is -2.35. The Morgan fingerprint density at radius 1 is 1.00 bits per heavy atom. The van der Waals surface area contributed by atoms with Crippen molar-refractivity contribution in [3.05, 3.63) is 46.8 Å². The zero-order valence-electron chi connectivity index (χ0n) is 14.8. The van der Waals surface area contributed by atoms with Gasteiger partial charge in [-0.3, -0.25) is 0 Å². The molecular weight excluding hydrogens is 356 g/mol. The van der Waals surface area contributed by atoms with Crippen LogP contribution in [0.4, 0.5) is 5.69 Å². The summed E-state index contributed by atoms with van der Waals surface area (Å²) in [6.45, 7) is 7.71. The SMILES string of the molecule is Cc1ccc(S(=O)(=O)N2CCN(c3ccc(C(C)(C)O)cc3)CC2)s1. The summed E-state index contributed by atoms with van der Waals surface area (Å²) in [6, 6.07) is 11.4. The number of nitrogens with zero attached hydrogens (tertiary/aromatic N) is 2. The summed E-state index contributed by atoms with van der Waals surface area (Å²) in [7, 11) is -3.38. The first-order chi connectivity index (χ1) is 11.7. The number of sulfonamides is 1. The third-order valence-electron chi connectivity index (χ3n) is 4.49. The molecule has 1 aliphatic rings. The van der Waals surface area contributed by atoms with Gasteiger partial charge in [0.25, 0.3) is 10.0 Å². The van der Waals surface area contributed by atoms with Crippen LogP contribution in [0.2, 0.25) is 0 Å². The maximum atomic E-state index is 12.7. The van der Waals surface area contributed by atoms with Gasteiger partial charge in [-0.2, -0.15) is 4.31 Å². The highest BCUT2D eigenvalue weighted by molar-refractivity contribution is 7.91. The number of aliphatic hydroxyl groups is 1. The van der Waals surface area contributed by atoms with Gasteiger partial charge in [-0.25, -0.2) is 8.42 Å². The van der Waals surface area contributed by atoms with Gasteiger partial charge in [-0.15, -0.1) is 11.3 Å². The number of rotatable bonds is 4. The smallest absolute Gasteiger partial charge is 0.252 e. The molecule has 25 heavy (non-hydrogen) atoms. The van der Waals surface area contributed by atoms with Crippen molar-refractivity contribution in [3.63, 3.8) is 0 Å². The van der Waals surface area contributed by atoms with Gasteiger partial charge in [-0.05, 0) is 50.6 Å². The highest BCUT2D eigenvalue weighted by Gasteiger charge is 2.29. The topological polar surface area (TPSA) is 60.9 Å².